The number of carbonyl (C=O) groups excluding carboxylic acids is 1. The molecule has 2 N–H and O–H groups in total. The topological polar surface area (TPSA) is 66.4 Å². The third kappa shape index (κ3) is 3.49. The lowest BCUT2D eigenvalue weighted by atomic mass is 10.0. The fourth-order valence-electron chi connectivity index (χ4n) is 2.83. The molecule has 0 aliphatic rings. The van der Waals surface area contributed by atoms with E-state index in [1.807, 2.05) is 56.3 Å². The lowest BCUT2D eigenvalue weighted by molar-refractivity contribution is 0.0698. The average molecular weight is 345 g/mol. The first-order valence-electron chi connectivity index (χ1n) is 8.27. The van der Waals surface area contributed by atoms with Gasteiger partial charge in [-0.05, 0) is 54.3 Å². The Labute approximate surface area is 152 Å². The van der Waals surface area contributed by atoms with E-state index in [1.165, 1.54) is 6.07 Å². The highest BCUT2D eigenvalue weighted by molar-refractivity contribution is 6.09. The minimum atomic E-state index is -1.08. The summed E-state index contributed by atoms with van der Waals surface area (Å²) in [5.74, 6) is -1.40. The van der Waals surface area contributed by atoms with Crippen LogP contribution < -0.4 is 5.32 Å². The molecule has 0 saturated carbocycles. The van der Waals surface area contributed by atoms with Gasteiger partial charge in [0, 0.05) is 5.56 Å². The molecule has 3 rings (SSSR count). The highest BCUT2D eigenvalue weighted by Gasteiger charge is 2.16. The van der Waals surface area contributed by atoms with E-state index in [0.29, 0.717) is 5.56 Å². The van der Waals surface area contributed by atoms with Gasteiger partial charge in [0.2, 0.25) is 0 Å². The second-order valence-corrected chi connectivity index (χ2v) is 6.13. The van der Waals surface area contributed by atoms with Crippen LogP contribution in [0.25, 0.3) is 11.1 Å². The molecule has 4 nitrogen and oxygen atoms in total. The van der Waals surface area contributed by atoms with E-state index in [9.17, 15) is 14.7 Å². The van der Waals surface area contributed by atoms with E-state index < -0.39 is 5.97 Å². The average Bonchev–Trinajstić information content (AvgIpc) is 2.64. The summed E-state index contributed by atoms with van der Waals surface area (Å²) >= 11 is 0. The van der Waals surface area contributed by atoms with Crippen molar-refractivity contribution in [1.82, 2.24) is 0 Å². The number of carboxylic acid groups (broad SMARTS) is 1. The van der Waals surface area contributed by atoms with Crippen LogP contribution in [-0.2, 0) is 0 Å². The van der Waals surface area contributed by atoms with Crippen LogP contribution >= 0.6 is 0 Å². The quantitative estimate of drug-likeness (QED) is 0.705. The van der Waals surface area contributed by atoms with Gasteiger partial charge in [-0.15, -0.1) is 0 Å². The van der Waals surface area contributed by atoms with Gasteiger partial charge in [-0.1, -0.05) is 48.5 Å². The first-order chi connectivity index (χ1) is 12.5. The maximum absolute atomic E-state index is 12.7. The molecule has 130 valence electrons. The van der Waals surface area contributed by atoms with Gasteiger partial charge in [-0.2, -0.15) is 0 Å². The van der Waals surface area contributed by atoms with Crippen molar-refractivity contribution in [3.05, 3.63) is 89.0 Å². The van der Waals surface area contributed by atoms with Gasteiger partial charge < -0.3 is 10.4 Å². The molecule has 0 saturated heterocycles. The smallest absolute Gasteiger partial charge is 0.337 e. The first-order valence-corrected chi connectivity index (χ1v) is 8.27. The third-order valence-corrected chi connectivity index (χ3v) is 4.45. The van der Waals surface area contributed by atoms with Crippen molar-refractivity contribution in [2.45, 2.75) is 13.8 Å². The molecule has 0 spiro atoms. The molecular weight excluding hydrogens is 326 g/mol. The summed E-state index contributed by atoms with van der Waals surface area (Å²) < 4.78 is 0. The first kappa shape index (κ1) is 17.4. The number of anilines is 1. The van der Waals surface area contributed by atoms with Gasteiger partial charge >= 0.3 is 5.97 Å². The van der Waals surface area contributed by atoms with Crippen molar-refractivity contribution >= 4 is 17.6 Å². The molecule has 0 radical (unpaired) electrons. The highest BCUT2D eigenvalue weighted by atomic mass is 16.4. The van der Waals surface area contributed by atoms with Crippen LogP contribution in [0.5, 0.6) is 0 Å². The predicted octanol–water partition coefficient (Wildman–Crippen LogP) is 4.92. The standard InChI is InChI=1S/C22H19NO3/c1-14-7-6-10-18(15(14)2)21(24)23-20-13-17(11-12-19(20)22(25)26)16-8-4-3-5-9-16/h3-13H,1-2H3,(H,23,24)(H,25,26). The van der Waals surface area contributed by atoms with E-state index in [4.69, 9.17) is 0 Å². The number of amides is 1. The van der Waals surface area contributed by atoms with Crippen LogP contribution in [-0.4, -0.2) is 17.0 Å². The number of rotatable bonds is 4. The molecule has 0 aliphatic heterocycles. The van der Waals surface area contributed by atoms with Crippen LogP contribution in [0.3, 0.4) is 0 Å². The van der Waals surface area contributed by atoms with E-state index in [2.05, 4.69) is 5.32 Å². The zero-order valence-electron chi connectivity index (χ0n) is 14.6. The second kappa shape index (κ2) is 7.23. The summed E-state index contributed by atoms with van der Waals surface area (Å²) in [7, 11) is 0. The summed E-state index contributed by atoms with van der Waals surface area (Å²) in [4.78, 5) is 24.3. The SMILES string of the molecule is Cc1cccc(C(=O)Nc2cc(-c3ccccc3)ccc2C(=O)O)c1C. The van der Waals surface area contributed by atoms with Gasteiger partial charge in [0.15, 0.2) is 0 Å². The summed E-state index contributed by atoms with van der Waals surface area (Å²) in [6.07, 6.45) is 0. The fourth-order valence-corrected chi connectivity index (χ4v) is 2.83. The van der Waals surface area contributed by atoms with E-state index >= 15 is 0 Å². The second-order valence-electron chi connectivity index (χ2n) is 6.13. The molecule has 1 amide bonds. The van der Waals surface area contributed by atoms with E-state index in [-0.39, 0.29) is 17.2 Å². The lowest BCUT2D eigenvalue weighted by Crippen LogP contribution is -2.16. The van der Waals surface area contributed by atoms with Gasteiger partial charge in [0.25, 0.3) is 5.91 Å². The summed E-state index contributed by atoms with van der Waals surface area (Å²) in [5, 5.41) is 12.2. The van der Waals surface area contributed by atoms with Crippen molar-refractivity contribution < 1.29 is 14.7 Å². The number of hydrogen-bond acceptors (Lipinski definition) is 2. The van der Waals surface area contributed by atoms with Gasteiger partial charge in [-0.25, -0.2) is 4.79 Å². The minimum Gasteiger partial charge on any atom is -0.478 e. The zero-order valence-corrected chi connectivity index (χ0v) is 14.6. The van der Waals surface area contributed by atoms with Crippen molar-refractivity contribution in [3.8, 4) is 11.1 Å². The van der Waals surface area contributed by atoms with Gasteiger partial charge in [-0.3, -0.25) is 4.79 Å². The van der Waals surface area contributed by atoms with Crippen LogP contribution in [0.15, 0.2) is 66.7 Å². The van der Waals surface area contributed by atoms with Gasteiger partial charge in [0.05, 0.1) is 11.3 Å². The highest BCUT2D eigenvalue weighted by Crippen LogP contribution is 2.26. The Kier molecular flexibility index (Phi) is 4.85. The predicted molar refractivity (Wildman–Crippen MR) is 103 cm³/mol. The fraction of sp³-hybridized carbons (Fsp3) is 0.0909. The summed E-state index contributed by atoms with van der Waals surface area (Å²) in [6, 6.07) is 20.1. The van der Waals surface area contributed by atoms with E-state index in [0.717, 1.165) is 22.3 Å². The maximum atomic E-state index is 12.7. The third-order valence-electron chi connectivity index (χ3n) is 4.45. The number of carbonyl (C=O) groups is 2. The van der Waals surface area contributed by atoms with Crippen LogP contribution in [0.4, 0.5) is 5.69 Å². The Hall–Kier alpha value is -3.40. The van der Waals surface area contributed by atoms with Crippen molar-refractivity contribution in [3.63, 3.8) is 0 Å². The van der Waals surface area contributed by atoms with Crippen LogP contribution in [0, 0.1) is 13.8 Å². The molecule has 0 heterocycles. The molecule has 0 aliphatic carbocycles. The van der Waals surface area contributed by atoms with Crippen LogP contribution in [0.1, 0.15) is 31.8 Å². The normalized spacial score (nSPS) is 10.4. The van der Waals surface area contributed by atoms with Crippen molar-refractivity contribution in [2.75, 3.05) is 5.32 Å². The number of hydrogen-bond donors (Lipinski definition) is 2. The Balaban J connectivity index is 2.01. The van der Waals surface area contributed by atoms with Crippen LogP contribution in [0.2, 0.25) is 0 Å². The van der Waals surface area contributed by atoms with Crippen molar-refractivity contribution in [2.24, 2.45) is 0 Å². The summed E-state index contributed by atoms with van der Waals surface area (Å²) in [5.41, 5.74) is 4.55. The maximum Gasteiger partial charge on any atom is 0.337 e. The van der Waals surface area contributed by atoms with E-state index in [1.54, 1.807) is 18.2 Å². The number of aromatic carboxylic acids is 1. The Morgan fingerprint density at radius 1 is 0.808 bits per heavy atom. The number of aryl methyl sites for hydroxylation is 1. The molecule has 26 heavy (non-hydrogen) atoms. The summed E-state index contributed by atoms with van der Waals surface area (Å²) in [6.45, 7) is 3.81. The largest absolute Gasteiger partial charge is 0.478 e. The molecule has 3 aromatic rings. The Morgan fingerprint density at radius 3 is 2.23 bits per heavy atom. The Bertz CT molecular complexity index is 978. The number of nitrogens with one attached hydrogen (secondary N) is 1. The monoisotopic (exact) mass is 345 g/mol. The number of benzene rings is 3. The minimum absolute atomic E-state index is 0.0586. The molecule has 0 atom stereocenters. The zero-order chi connectivity index (χ0) is 18.7. The molecule has 0 fully saturated rings. The lowest BCUT2D eigenvalue weighted by Gasteiger charge is -2.13. The molecule has 4 heteroatoms. The molecule has 0 unspecified atom stereocenters. The molecular formula is C22H19NO3. The van der Waals surface area contributed by atoms with Crippen molar-refractivity contribution in [1.29, 1.82) is 0 Å². The molecule has 0 bridgehead atoms. The molecule has 3 aromatic carbocycles. The molecule has 0 aromatic heterocycles. The Morgan fingerprint density at radius 2 is 1.54 bits per heavy atom. The number of carboxylic acids is 1. The van der Waals surface area contributed by atoms with Gasteiger partial charge in [0.1, 0.15) is 0 Å².